The maximum atomic E-state index is 12.7. The van der Waals surface area contributed by atoms with Gasteiger partial charge >= 0.3 is 0 Å². The van der Waals surface area contributed by atoms with Gasteiger partial charge < -0.3 is 15.8 Å². The summed E-state index contributed by atoms with van der Waals surface area (Å²) < 4.78 is 6.23. The zero-order chi connectivity index (χ0) is 17.4. The molecule has 1 amide bonds. The van der Waals surface area contributed by atoms with Crippen LogP contribution in [0.1, 0.15) is 40.0 Å². The lowest BCUT2D eigenvalue weighted by Gasteiger charge is -2.41. The molecule has 1 aromatic heterocycles. The van der Waals surface area contributed by atoms with Gasteiger partial charge in [0.25, 0.3) is 0 Å². The Morgan fingerprint density at radius 1 is 1.16 bits per heavy atom. The van der Waals surface area contributed by atoms with Crippen LogP contribution < -0.4 is 15.8 Å². The van der Waals surface area contributed by atoms with Crippen LogP contribution in [0.15, 0.2) is 36.7 Å². The van der Waals surface area contributed by atoms with Crippen LogP contribution in [0.2, 0.25) is 0 Å². The number of hydrogen-bond acceptors (Lipinski definition) is 5. The average Bonchev–Trinajstić information content (AvgIpc) is 2.62. The molecule has 2 aromatic rings. The van der Waals surface area contributed by atoms with Crippen LogP contribution in [0, 0.1) is 0 Å². The molecule has 2 aliphatic heterocycles. The predicted molar refractivity (Wildman–Crippen MR) is 92.6 cm³/mol. The lowest BCUT2D eigenvalue weighted by molar-refractivity contribution is 0.0187. The van der Waals surface area contributed by atoms with E-state index in [1.54, 1.807) is 12.3 Å². The highest BCUT2D eigenvalue weighted by molar-refractivity contribution is 6.01. The zero-order valence-corrected chi connectivity index (χ0v) is 13.7. The van der Waals surface area contributed by atoms with Crippen molar-refractivity contribution in [1.82, 2.24) is 10.3 Å². The number of nitrogens with one attached hydrogen (secondary N) is 1. The summed E-state index contributed by atoms with van der Waals surface area (Å²) in [7, 11) is 0. The minimum Gasteiger partial charge on any atom is -0.486 e. The molecule has 1 spiro atoms. The Balaban J connectivity index is 1.69. The van der Waals surface area contributed by atoms with Gasteiger partial charge in [0.1, 0.15) is 11.4 Å². The van der Waals surface area contributed by atoms with Gasteiger partial charge in [-0.15, -0.1) is 0 Å². The van der Waals surface area contributed by atoms with E-state index in [9.17, 15) is 9.59 Å². The van der Waals surface area contributed by atoms with Crippen molar-refractivity contribution in [2.45, 2.75) is 24.9 Å². The maximum absolute atomic E-state index is 12.7. The van der Waals surface area contributed by atoms with E-state index in [-0.39, 0.29) is 11.4 Å². The molecule has 0 aliphatic carbocycles. The number of nitrogens with two attached hydrogens (primary N) is 1. The van der Waals surface area contributed by atoms with Crippen molar-refractivity contribution in [2.24, 2.45) is 5.73 Å². The molecule has 3 heterocycles. The number of ether oxygens (including phenoxy) is 1. The molecule has 6 nitrogen and oxygen atoms in total. The van der Waals surface area contributed by atoms with Gasteiger partial charge in [0, 0.05) is 30.8 Å². The first kappa shape index (κ1) is 15.8. The number of aromatic nitrogens is 1. The van der Waals surface area contributed by atoms with Crippen LogP contribution in [0.25, 0.3) is 11.1 Å². The summed E-state index contributed by atoms with van der Waals surface area (Å²) in [6, 6.07) is 7.21. The van der Waals surface area contributed by atoms with Crippen LogP contribution in [-0.4, -0.2) is 35.4 Å². The number of carbonyl (C=O) groups excluding carboxylic acids is 2. The molecule has 4 rings (SSSR count). The van der Waals surface area contributed by atoms with Crippen LogP contribution in [0.5, 0.6) is 5.75 Å². The summed E-state index contributed by atoms with van der Waals surface area (Å²) in [5.74, 6) is 0.212. The number of hydrogen-bond donors (Lipinski definition) is 2. The topological polar surface area (TPSA) is 94.3 Å². The van der Waals surface area contributed by atoms with Gasteiger partial charge in [0.15, 0.2) is 5.78 Å². The van der Waals surface area contributed by atoms with Gasteiger partial charge in [0.2, 0.25) is 5.91 Å². The predicted octanol–water partition coefficient (Wildman–Crippen LogP) is 1.93. The van der Waals surface area contributed by atoms with Crippen molar-refractivity contribution >= 4 is 11.7 Å². The Morgan fingerprint density at radius 3 is 2.72 bits per heavy atom. The van der Waals surface area contributed by atoms with Gasteiger partial charge in [0.05, 0.1) is 17.5 Å². The summed E-state index contributed by atoms with van der Waals surface area (Å²) in [5.41, 5.74) is 7.43. The van der Waals surface area contributed by atoms with Crippen molar-refractivity contribution in [3.05, 3.63) is 47.8 Å². The number of primary amides is 1. The molecule has 0 unspecified atom stereocenters. The van der Waals surface area contributed by atoms with Crippen molar-refractivity contribution in [2.75, 3.05) is 13.1 Å². The first-order valence-electron chi connectivity index (χ1n) is 8.39. The lowest BCUT2D eigenvalue weighted by atomic mass is 9.82. The quantitative estimate of drug-likeness (QED) is 0.873. The number of nitrogens with zero attached hydrogens (tertiary/aromatic N) is 1. The van der Waals surface area contributed by atoms with Crippen LogP contribution in [0.3, 0.4) is 0 Å². The van der Waals surface area contributed by atoms with E-state index in [1.165, 1.54) is 6.20 Å². The second-order valence-corrected chi connectivity index (χ2v) is 6.67. The highest BCUT2D eigenvalue weighted by atomic mass is 16.5. The molecule has 0 radical (unpaired) electrons. The number of carbonyl (C=O) groups is 2. The Morgan fingerprint density at radius 2 is 1.96 bits per heavy atom. The van der Waals surface area contributed by atoms with Crippen molar-refractivity contribution in [3.63, 3.8) is 0 Å². The number of ketones is 1. The third-order valence-corrected chi connectivity index (χ3v) is 4.96. The van der Waals surface area contributed by atoms with E-state index in [1.807, 2.05) is 18.2 Å². The summed E-state index contributed by atoms with van der Waals surface area (Å²) in [6.07, 6.45) is 5.16. The van der Waals surface area contributed by atoms with Crippen molar-refractivity contribution < 1.29 is 14.3 Å². The highest BCUT2D eigenvalue weighted by Gasteiger charge is 2.41. The van der Waals surface area contributed by atoms with Crippen LogP contribution >= 0.6 is 0 Å². The number of Topliss-reactive ketones (excluding diaryl/α,β-unsaturated/α-hetero) is 1. The van der Waals surface area contributed by atoms with E-state index in [0.717, 1.165) is 37.1 Å². The molecule has 0 bridgehead atoms. The Bertz CT molecular complexity index is 857. The van der Waals surface area contributed by atoms with E-state index < -0.39 is 5.91 Å². The Labute approximate surface area is 145 Å². The number of piperidine rings is 1. The molecule has 0 atom stereocenters. The molecular formula is C19H19N3O3. The molecule has 1 fully saturated rings. The van der Waals surface area contributed by atoms with E-state index in [4.69, 9.17) is 10.5 Å². The Kier molecular flexibility index (Phi) is 3.77. The molecule has 1 aromatic carbocycles. The number of rotatable bonds is 2. The van der Waals surface area contributed by atoms with E-state index in [0.29, 0.717) is 23.3 Å². The van der Waals surface area contributed by atoms with Crippen molar-refractivity contribution in [1.29, 1.82) is 0 Å². The summed E-state index contributed by atoms with van der Waals surface area (Å²) >= 11 is 0. The van der Waals surface area contributed by atoms with Gasteiger partial charge in [-0.25, -0.2) is 0 Å². The number of benzene rings is 1. The molecule has 0 saturated carbocycles. The third kappa shape index (κ3) is 2.89. The molecule has 2 aliphatic rings. The second kappa shape index (κ2) is 5.97. The average molecular weight is 337 g/mol. The number of pyridine rings is 1. The summed E-state index contributed by atoms with van der Waals surface area (Å²) in [4.78, 5) is 28.1. The second-order valence-electron chi connectivity index (χ2n) is 6.67. The van der Waals surface area contributed by atoms with Gasteiger partial charge in [-0.1, -0.05) is 6.07 Å². The fraction of sp³-hybridized carbons (Fsp3) is 0.316. The van der Waals surface area contributed by atoms with Gasteiger partial charge in [-0.05, 0) is 36.9 Å². The fourth-order valence-corrected chi connectivity index (χ4v) is 3.57. The normalized spacial score (nSPS) is 18.5. The molecule has 1 saturated heterocycles. The minimum absolute atomic E-state index is 0.101. The monoisotopic (exact) mass is 337 g/mol. The molecule has 3 N–H and O–H groups in total. The van der Waals surface area contributed by atoms with E-state index >= 15 is 0 Å². The molecule has 128 valence electrons. The molecule has 6 heteroatoms. The fourth-order valence-electron chi connectivity index (χ4n) is 3.57. The molecular weight excluding hydrogens is 318 g/mol. The van der Waals surface area contributed by atoms with Gasteiger partial charge in [-0.3, -0.25) is 14.6 Å². The molecule has 25 heavy (non-hydrogen) atoms. The maximum Gasteiger partial charge on any atom is 0.250 e. The van der Waals surface area contributed by atoms with Crippen LogP contribution in [0.4, 0.5) is 0 Å². The first-order chi connectivity index (χ1) is 12.1. The largest absolute Gasteiger partial charge is 0.486 e. The zero-order valence-electron chi connectivity index (χ0n) is 13.7. The number of amides is 1. The summed E-state index contributed by atoms with van der Waals surface area (Å²) in [5, 5.41) is 3.30. The third-order valence-electron chi connectivity index (χ3n) is 4.96. The number of fused-ring (bicyclic) bond motifs is 1. The SMILES string of the molecule is NC(=O)c1cncc(-c2ccc3c(c2)C(=O)CC2(CCNCC2)O3)c1. The van der Waals surface area contributed by atoms with E-state index in [2.05, 4.69) is 10.3 Å². The van der Waals surface area contributed by atoms with Crippen LogP contribution in [-0.2, 0) is 0 Å². The lowest BCUT2D eigenvalue weighted by Crippen LogP contribution is -2.49. The Hall–Kier alpha value is -2.73. The minimum atomic E-state index is -0.528. The first-order valence-corrected chi connectivity index (χ1v) is 8.39. The standard InChI is InChI=1S/C19H19N3O3/c20-18(24)14-7-13(10-22-11-14)12-1-2-17-15(8-12)16(23)9-19(25-17)3-5-21-6-4-19/h1-2,7-8,10-11,21H,3-6,9H2,(H2,20,24). The smallest absolute Gasteiger partial charge is 0.250 e. The summed E-state index contributed by atoms with van der Waals surface area (Å²) in [6.45, 7) is 1.73. The van der Waals surface area contributed by atoms with Gasteiger partial charge in [-0.2, -0.15) is 0 Å². The van der Waals surface area contributed by atoms with Crippen molar-refractivity contribution in [3.8, 4) is 16.9 Å². The highest BCUT2D eigenvalue weighted by Crippen LogP contribution is 2.39.